The fraction of sp³-hybridized carbons (Fsp3) is 0.167. The fourth-order valence-electron chi connectivity index (χ4n) is 5.17. The van der Waals surface area contributed by atoms with E-state index in [4.69, 9.17) is 4.74 Å². The van der Waals surface area contributed by atoms with Crippen molar-refractivity contribution in [1.29, 1.82) is 0 Å². The van der Waals surface area contributed by atoms with Crippen molar-refractivity contribution in [3.05, 3.63) is 89.6 Å². The number of thiophene rings is 1. The van der Waals surface area contributed by atoms with Gasteiger partial charge in [-0.3, -0.25) is 4.79 Å². The Bertz CT molecular complexity index is 1870. The first-order chi connectivity index (χ1) is 19.2. The minimum Gasteiger partial charge on any atom is -0.487 e. The molecule has 204 valence electrons. The van der Waals surface area contributed by atoms with Gasteiger partial charge < -0.3 is 14.7 Å². The van der Waals surface area contributed by atoms with Gasteiger partial charge in [-0.05, 0) is 60.8 Å². The summed E-state index contributed by atoms with van der Waals surface area (Å²) in [5.41, 5.74) is 4.17. The third-order valence-electron chi connectivity index (χ3n) is 7.25. The van der Waals surface area contributed by atoms with Gasteiger partial charge in [0.15, 0.2) is 5.06 Å². The normalized spacial score (nSPS) is 13.9. The zero-order chi connectivity index (χ0) is 28.2. The Labute approximate surface area is 234 Å². The topological polar surface area (TPSA) is 88.8 Å². The number of benzene rings is 3. The van der Waals surface area contributed by atoms with Crippen molar-refractivity contribution in [2.45, 2.75) is 11.8 Å². The number of anilines is 1. The molecule has 40 heavy (non-hydrogen) atoms. The number of methoxy groups -OCH3 is 1. The van der Waals surface area contributed by atoms with E-state index in [2.05, 4.69) is 0 Å². The lowest BCUT2D eigenvalue weighted by molar-refractivity contribution is -0.142. The highest BCUT2D eigenvalue weighted by atomic mass is 32.2. The lowest BCUT2D eigenvalue weighted by Gasteiger charge is -2.38. The summed E-state index contributed by atoms with van der Waals surface area (Å²) < 4.78 is 50.3. The van der Waals surface area contributed by atoms with Gasteiger partial charge in [-0.25, -0.2) is 16.8 Å². The Morgan fingerprint density at radius 2 is 1.80 bits per heavy atom. The summed E-state index contributed by atoms with van der Waals surface area (Å²) in [6.07, 6.45) is 0. The average Bonchev–Trinajstić information content (AvgIpc) is 3.50. The van der Waals surface area contributed by atoms with Crippen molar-refractivity contribution in [2.75, 3.05) is 25.1 Å². The predicted octanol–water partition coefficient (Wildman–Crippen LogP) is 6.25. The van der Waals surface area contributed by atoms with Crippen molar-refractivity contribution >= 4 is 43.9 Å². The molecular formula is C30H25FN2O5S2. The number of hydrogen-bond donors (Lipinski definition) is 1. The van der Waals surface area contributed by atoms with Crippen molar-refractivity contribution in [2.24, 2.45) is 5.92 Å². The molecule has 1 aliphatic rings. The molecule has 0 radical (unpaired) electrons. The van der Waals surface area contributed by atoms with E-state index in [9.17, 15) is 22.7 Å². The van der Waals surface area contributed by atoms with Crippen molar-refractivity contribution in [1.82, 2.24) is 3.97 Å². The second-order valence-corrected chi connectivity index (χ2v) is 12.4. The lowest BCUT2D eigenvalue weighted by atomic mass is 9.97. The van der Waals surface area contributed by atoms with Crippen LogP contribution in [-0.4, -0.2) is 43.7 Å². The molecule has 0 unspecified atom stereocenters. The molecule has 10 heteroatoms. The minimum absolute atomic E-state index is 0.104. The quantitative estimate of drug-likeness (QED) is 0.246. The van der Waals surface area contributed by atoms with Gasteiger partial charge in [0.1, 0.15) is 5.82 Å². The zero-order valence-corrected chi connectivity index (χ0v) is 23.3. The molecule has 3 heterocycles. The van der Waals surface area contributed by atoms with Gasteiger partial charge in [-0.2, -0.15) is 0 Å². The van der Waals surface area contributed by atoms with Gasteiger partial charge in [0.25, 0.3) is 10.0 Å². The van der Waals surface area contributed by atoms with Gasteiger partial charge >= 0.3 is 5.97 Å². The number of ether oxygens (including phenoxy) is 1. The van der Waals surface area contributed by atoms with Crippen molar-refractivity contribution in [3.8, 4) is 27.4 Å². The first kappa shape index (κ1) is 26.1. The molecule has 0 amide bonds. The van der Waals surface area contributed by atoms with E-state index in [0.29, 0.717) is 51.4 Å². The number of carboxylic acids is 1. The first-order valence-corrected chi connectivity index (χ1v) is 14.9. The predicted molar refractivity (Wildman–Crippen MR) is 154 cm³/mol. The van der Waals surface area contributed by atoms with E-state index in [1.165, 1.54) is 33.5 Å². The molecule has 1 N–H and O–H groups in total. The van der Waals surface area contributed by atoms with E-state index in [1.54, 1.807) is 31.4 Å². The Morgan fingerprint density at radius 3 is 2.50 bits per heavy atom. The third kappa shape index (κ3) is 4.24. The highest BCUT2D eigenvalue weighted by Gasteiger charge is 2.34. The summed E-state index contributed by atoms with van der Waals surface area (Å²) in [4.78, 5) is 13.4. The summed E-state index contributed by atoms with van der Waals surface area (Å²) in [7, 11) is -2.60. The molecule has 1 saturated heterocycles. The maximum absolute atomic E-state index is 14.7. The summed E-state index contributed by atoms with van der Waals surface area (Å²) in [6.45, 7) is 2.60. The number of rotatable bonds is 7. The van der Waals surface area contributed by atoms with Crippen LogP contribution in [0.25, 0.3) is 33.3 Å². The molecule has 1 fully saturated rings. The SMILES string of the molecule is COc1sccc1-c1c(-c2cccc(N3CC(C(=O)O)C3)c2)n(S(=O)(=O)c2ccc(C)cc2)c2ccc(F)cc12. The molecule has 3 aromatic carbocycles. The smallest absolute Gasteiger partial charge is 0.310 e. The van der Waals surface area contributed by atoms with Crippen LogP contribution in [0.4, 0.5) is 10.1 Å². The van der Waals surface area contributed by atoms with Gasteiger partial charge in [0.05, 0.1) is 29.1 Å². The van der Waals surface area contributed by atoms with Crippen LogP contribution < -0.4 is 9.64 Å². The van der Waals surface area contributed by atoms with Crippen LogP contribution in [0.2, 0.25) is 0 Å². The van der Waals surface area contributed by atoms with E-state index in [1.807, 2.05) is 47.5 Å². The highest BCUT2D eigenvalue weighted by Crippen LogP contribution is 2.48. The Kier molecular flexibility index (Phi) is 6.39. The van der Waals surface area contributed by atoms with Crippen molar-refractivity contribution in [3.63, 3.8) is 0 Å². The van der Waals surface area contributed by atoms with E-state index >= 15 is 0 Å². The number of aryl methyl sites for hydroxylation is 1. The average molecular weight is 577 g/mol. The number of hydrogen-bond acceptors (Lipinski definition) is 6. The summed E-state index contributed by atoms with van der Waals surface area (Å²) in [6, 6.07) is 19.9. The van der Waals surface area contributed by atoms with Crippen LogP contribution in [0.15, 0.2) is 83.1 Å². The summed E-state index contributed by atoms with van der Waals surface area (Å²) >= 11 is 1.36. The number of halogens is 1. The number of fused-ring (bicyclic) bond motifs is 1. The second-order valence-electron chi connectivity index (χ2n) is 9.78. The van der Waals surface area contributed by atoms with E-state index < -0.39 is 27.7 Å². The van der Waals surface area contributed by atoms with Crippen LogP contribution in [-0.2, 0) is 14.8 Å². The number of carboxylic acid groups (broad SMARTS) is 1. The molecule has 0 bridgehead atoms. The van der Waals surface area contributed by atoms with Gasteiger partial charge in [-0.1, -0.05) is 29.8 Å². The first-order valence-electron chi connectivity index (χ1n) is 12.6. The molecule has 6 rings (SSSR count). The van der Waals surface area contributed by atoms with Crippen LogP contribution in [0.5, 0.6) is 5.06 Å². The Hall–Kier alpha value is -4.15. The lowest BCUT2D eigenvalue weighted by Crippen LogP contribution is -2.50. The number of aliphatic carboxylic acids is 1. The van der Waals surface area contributed by atoms with Crippen molar-refractivity contribution < 1.29 is 27.4 Å². The summed E-state index contributed by atoms with van der Waals surface area (Å²) in [5, 5.41) is 12.2. The summed E-state index contributed by atoms with van der Waals surface area (Å²) in [5.74, 6) is -1.79. The van der Waals surface area contributed by atoms with Crippen LogP contribution >= 0.6 is 11.3 Å². The molecule has 0 aliphatic carbocycles. The second kappa shape index (κ2) is 9.79. The molecule has 0 spiro atoms. The molecular weight excluding hydrogens is 551 g/mol. The molecule has 5 aromatic rings. The molecule has 0 saturated carbocycles. The Morgan fingerprint density at radius 1 is 1.05 bits per heavy atom. The molecule has 0 atom stereocenters. The minimum atomic E-state index is -4.14. The number of nitrogens with zero attached hydrogens (tertiary/aromatic N) is 2. The standard InChI is InChI=1S/C30H25FN2O5S2/c1-18-6-9-23(10-7-18)40(36,37)33-26-11-8-21(31)15-25(26)27(24-12-13-39-30(24)38-2)28(33)19-4-3-5-22(14-19)32-16-20(17-32)29(34)35/h3-15,20H,16-17H2,1-2H3,(H,34,35). The van der Waals surface area contributed by atoms with Gasteiger partial charge in [0.2, 0.25) is 0 Å². The number of aromatic nitrogens is 1. The maximum Gasteiger partial charge on any atom is 0.310 e. The maximum atomic E-state index is 14.7. The molecule has 7 nitrogen and oxygen atoms in total. The largest absolute Gasteiger partial charge is 0.487 e. The third-order valence-corrected chi connectivity index (χ3v) is 9.85. The monoisotopic (exact) mass is 576 g/mol. The van der Waals surface area contributed by atoms with Crippen LogP contribution in [0, 0.1) is 18.7 Å². The fourth-order valence-corrected chi connectivity index (χ4v) is 7.44. The molecule has 2 aromatic heterocycles. The van der Waals surface area contributed by atoms with E-state index in [-0.39, 0.29) is 4.90 Å². The highest BCUT2D eigenvalue weighted by molar-refractivity contribution is 7.90. The van der Waals surface area contributed by atoms with Gasteiger partial charge in [0, 0.05) is 40.9 Å². The van der Waals surface area contributed by atoms with E-state index in [0.717, 1.165) is 11.3 Å². The zero-order valence-electron chi connectivity index (χ0n) is 21.7. The molecule has 1 aliphatic heterocycles. The van der Waals surface area contributed by atoms with Crippen LogP contribution in [0.3, 0.4) is 0 Å². The van der Waals surface area contributed by atoms with Crippen LogP contribution in [0.1, 0.15) is 5.56 Å². The number of carbonyl (C=O) groups is 1. The van der Waals surface area contributed by atoms with Gasteiger partial charge in [-0.15, -0.1) is 11.3 Å². The Balaban J connectivity index is 1.67.